The van der Waals surface area contributed by atoms with E-state index in [-0.39, 0.29) is 11.3 Å². The van der Waals surface area contributed by atoms with Gasteiger partial charge >= 0.3 is 0 Å². The van der Waals surface area contributed by atoms with Gasteiger partial charge in [0.1, 0.15) is 11.5 Å². The number of hydrogen-bond acceptors (Lipinski definition) is 3. The van der Waals surface area contributed by atoms with Crippen LogP contribution in [0.1, 0.15) is 37.7 Å². The maximum Gasteiger partial charge on any atom is 0.227 e. The van der Waals surface area contributed by atoms with Crippen LogP contribution in [-0.2, 0) is 11.3 Å². The molecule has 4 heteroatoms. The standard InChI is InChI=1S/C14H22N2O2/c1-3-6-14(7-8-15-10-14)13(17)16-9-12-5-4-11(2)18-12/h4-5,15H,3,6-10H2,1-2H3,(H,16,17). The highest BCUT2D eigenvalue weighted by atomic mass is 16.3. The van der Waals surface area contributed by atoms with E-state index in [9.17, 15) is 4.79 Å². The largest absolute Gasteiger partial charge is 0.465 e. The van der Waals surface area contributed by atoms with Crippen LogP contribution in [0.25, 0.3) is 0 Å². The second-order valence-corrected chi connectivity index (χ2v) is 5.15. The molecule has 0 bridgehead atoms. The van der Waals surface area contributed by atoms with E-state index < -0.39 is 0 Å². The maximum absolute atomic E-state index is 12.3. The van der Waals surface area contributed by atoms with E-state index in [1.165, 1.54) is 0 Å². The lowest BCUT2D eigenvalue weighted by atomic mass is 9.81. The van der Waals surface area contributed by atoms with Gasteiger partial charge in [-0.25, -0.2) is 0 Å². The SMILES string of the molecule is CCCC1(C(=O)NCc2ccc(C)o2)CCNC1. The molecule has 2 heterocycles. The molecule has 1 aliphatic heterocycles. The molecule has 2 N–H and O–H groups in total. The van der Waals surface area contributed by atoms with Crippen LogP contribution >= 0.6 is 0 Å². The molecule has 0 radical (unpaired) electrons. The van der Waals surface area contributed by atoms with Gasteiger partial charge in [-0.15, -0.1) is 0 Å². The summed E-state index contributed by atoms with van der Waals surface area (Å²) in [6.07, 6.45) is 2.92. The summed E-state index contributed by atoms with van der Waals surface area (Å²) in [6.45, 7) is 6.25. The Balaban J connectivity index is 1.93. The first kappa shape index (κ1) is 13.1. The van der Waals surface area contributed by atoms with Crippen molar-refractivity contribution in [2.24, 2.45) is 5.41 Å². The van der Waals surface area contributed by atoms with Crippen molar-refractivity contribution in [3.05, 3.63) is 23.7 Å². The van der Waals surface area contributed by atoms with Crippen LogP contribution < -0.4 is 10.6 Å². The highest BCUT2D eigenvalue weighted by Crippen LogP contribution is 2.31. The maximum atomic E-state index is 12.3. The minimum Gasteiger partial charge on any atom is -0.465 e. The molecular formula is C14H22N2O2. The van der Waals surface area contributed by atoms with Crippen molar-refractivity contribution >= 4 is 5.91 Å². The van der Waals surface area contributed by atoms with E-state index in [1.54, 1.807) is 0 Å². The Hall–Kier alpha value is -1.29. The van der Waals surface area contributed by atoms with Gasteiger partial charge in [0.2, 0.25) is 5.91 Å². The minimum atomic E-state index is -0.212. The molecule has 0 aromatic carbocycles. The molecule has 4 nitrogen and oxygen atoms in total. The average molecular weight is 250 g/mol. The molecule has 1 fully saturated rings. The molecule has 0 saturated carbocycles. The first-order valence-electron chi connectivity index (χ1n) is 6.71. The third-order valence-electron chi connectivity index (χ3n) is 3.67. The van der Waals surface area contributed by atoms with E-state index in [0.29, 0.717) is 6.54 Å². The zero-order valence-corrected chi connectivity index (χ0v) is 11.2. The Morgan fingerprint density at radius 1 is 1.56 bits per heavy atom. The Morgan fingerprint density at radius 2 is 2.39 bits per heavy atom. The van der Waals surface area contributed by atoms with Gasteiger partial charge in [0.05, 0.1) is 12.0 Å². The molecule has 18 heavy (non-hydrogen) atoms. The number of hydrogen-bond donors (Lipinski definition) is 2. The molecule has 1 atom stereocenters. The van der Waals surface area contributed by atoms with E-state index in [1.807, 2.05) is 19.1 Å². The molecule has 1 saturated heterocycles. The third-order valence-corrected chi connectivity index (χ3v) is 3.67. The monoisotopic (exact) mass is 250 g/mol. The number of carbonyl (C=O) groups is 1. The van der Waals surface area contributed by atoms with Gasteiger partial charge in [-0.2, -0.15) is 0 Å². The summed E-state index contributed by atoms with van der Waals surface area (Å²) in [7, 11) is 0. The van der Waals surface area contributed by atoms with Crippen molar-refractivity contribution < 1.29 is 9.21 Å². The zero-order valence-electron chi connectivity index (χ0n) is 11.2. The molecule has 100 valence electrons. The fourth-order valence-corrected chi connectivity index (χ4v) is 2.68. The molecular weight excluding hydrogens is 228 g/mol. The second-order valence-electron chi connectivity index (χ2n) is 5.15. The predicted molar refractivity (Wildman–Crippen MR) is 70.1 cm³/mol. The summed E-state index contributed by atoms with van der Waals surface area (Å²) in [5.74, 6) is 1.85. The number of amides is 1. The normalized spacial score (nSPS) is 23.2. The Bertz CT molecular complexity index is 406. The number of carbonyl (C=O) groups excluding carboxylic acids is 1. The van der Waals surface area contributed by atoms with Crippen molar-refractivity contribution in [1.82, 2.24) is 10.6 Å². The van der Waals surface area contributed by atoms with Crippen LogP contribution in [0.15, 0.2) is 16.5 Å². The second kappa shape index (κ2) is 5.57. The third kappa shape index (κ3) is 2.75. The predicted octanol–water partition coefficient (Wildman–Crippen LogP) is 1.98. The lowest BCUT2D eigenvalue weighted by Gasteiger charge is -2.26. The topological polar surface area (TPSA) is 54.3 Å². The molecule has 1 aromatic rings. The van der Waals surface area contributed by atoms with Gasteiger partial charge in [-0.05, 0) is 38.4 Å². The lowest BCUT2D eigenvalue weighted by molar-refractivity contribution is -0.130. The van der Waals surface area contributed by atoms with Gasteiger partial charge in [0, 0.05) is 6.54 Å². The van der Waals surface area contributed by atoms with Gasteiger partial charge < -0.3 is 15.1 Å². The molecule has 1 unspecified atom stereocenters. The summed E-state index contributed by atoms with van der Waals surface area (Å²) in [5, 5.41) is 6.30. The Morgan fingerprint density at radius 3 is 2.94 bits per heavy atom. The molecule has 0 aliphatic carbocycles. The highest BCUT2D eigenvalue weighted by molar-refractivity contribution is 5.83. The smallest absolute Gasteiger partial charge is 0.227 e. The van der Waals surface area contributed by atoms with E-state index in [2.05, 4.69) is 17.6 Å². The van der Waals surface area contributed by atoms with E-state index in [4.69, 9.17) is 4.42 Å². The lowest BCUT2D eigenvalue weighted by Crippen LogP contribution is -2.42. The minimum absolute atomic E-state index is 0.156. The van der Waals surface area contributed by atoms with Crippen LogP contribution in [0.4, 0.5) is 0 Å². The molecule has 1 aliphatic rings. The quantitative estimate of drug-likeness (QED) is 0.840. The van der Waals surface area contributed by atoms with Gasteiger partial charge in [-0.3, -0.25) is 4.79 Å². The highest BCUT2D eigenvalue weighted by Gasteiger charge is 2.39. The molecule has 0 spiro atoms. The van der Waals surface area contributed by atoms with Crippen molar-refractivity contribution in [2.75, 3.05) is 13.1 Å². The van der Waals surface area contributed by atoms with Gasteiger partial charge in [0.25, 0.3) is 0 Å². The van der Waals surface area contributed by atoms with Crippen molar-refractivity contribution in [2.45, 2.75) is 39.7 Å². The van der Waals surface area contributed by atoms with Crippen LogP contribution in [0, 0.1) is 12.3 Å². The molecule has 2 rings (SSSR count). The van der Waals surface area contributed by atoms with Crippen molar-refractivity contribution in [3.8, 4) is 0 Å². The van der Waals surface area contributed by atoms with Crippen molar-refractivity contribution in [3.63, 3.8) is 0 Å². The average Bonchev–Trinajstić information content (AvgIpc) is 2.97. The first-order chi connectivity index (χ1) is 8.66. The first-order valence-corrected chi connectivity index (χ1v) is 6.71. The van der Waals surface area contributed by atoms with Gasteiger partial charge in [-0.1, -0.05) is 13.3 Å². The summed E-state index contributed by atoms with van der Waals surface area (Å²) in [5.41, 5.74) is -0.212. The van der Waals surface area contributed by atoms with Crippen LogP contribution in [0.5, 0.6) is 0 Å². The van der Waals surface area contributed by atoms with Gasteiger partial charge in [0.15, 0.2) is 0 Å². The Kier molecular flexibility index (Phi) is 4.07. The van der Waals surface area contributed by atoms with Crippen molar-refractivity contribution in [1.29, 1.82) is 0 Å². The fourth-order valence-electron chi connectivity index (χ4n) is 2.68. The van der Waals surface area contributed by atoms with Crippen LogP contribution in [0.2, 0.25) is 0 Å². The number of furan rings is 1. The Labute approximate surface area is 108 Å². The number of aryl methyl sites for hydroxylation is 1. The molecule has 1 aromatic heterocycles. The summed E-state index contributed by atoms with van der Waals surface area (Å²) in [4.78, 5) is 12.3. The van der Waals surface area contributed by atoms with Crippen LogP contribution in [-0.4, -0.2) is 19.0 Å². The fraction of sp³-hybridized carbons (Fsp3) is 0.643. The van der Waals surface area contributed by atoms with E-state index in [0.717, 1.165) is 43.9 Å². The number of nitrogens with one attached hydrogen (secondary N) is 2. The molecule has 1 amide bonds. The summed E-state index contributed by atoms with van der Waals surface area (Å²) < 4.78 is 5.46. The van der Waals surface area contributed by atoms with E-state index >= 15 is 0 Å². The summed E-state index contributed by atoms with van der Waals surface area (Å²) >= 11 is 0. The zero-order chi connectivity index (χ0) is 13.0. The summed E-state index contributed by atoms with van der Waals surface area (Å²) in [6, 6.07) is 3.83. The van der Waals surface area contributed by atoms with Crippen LogP contribution in [0.3, 0.4) is 0 Å². The number of rotatable bonds is 5.